The van der Waals surface area contributed by atoms with Gasteiger partial charge in [0, 0.05) is 13.0 Å². The van der Waals surface area contributed by atoms with E-state index in [0.717, 1.165) is 16.7 Å². The molecule has 0 spiro atoms. The Labute approximate surface area is 234 Å². The van der Waals surface area contributed by atoms with Gasteiger partial charge in [0.2, 0.25) is 5.91 Å². The van der Waals surface area contributed by atoms with Crippen molar-refractivity contribution in [2.24, 2.45) is 0 Å². The zero-order valence-electron chi connectivity index (χ0n) is 22.6. The molecule has 3 aromatic rings. The Morgan fingerprint density at radius 1 is 0.850 bits per heavy atom. The number of amides is 1. The van der Waals surface area contributed by atoms with E-state index in [-0.39, 0.29) is 26.2 Å². The van der Waals surface area contributed by atoms with E-state index in [4.69, 9.17) is 9.47 Å². The average Bonchev–Trinajstić information content (AvgIpc) is 3.39. The zero-order chi connectivity index (χ0) is 28.3. The van der Waals surface area contributed by atoms with Crippen molar-refractivity contribution in [1.29, 1.82) is 0 Å². The first-order valence-corrected chi connectivity index (χ1v) is 13.6. The number of rotatable bonds is 12. The predicted octanol–water partition coefficient (Wildman–Crippen LogP) is 3.41. The topological polar surface area (TPSA) is 105 Å². The minimum absolute atomic E-state index is 0.0170. The highest BCUT2D eigenvalue weighted by Crippen LogP contribution is 2.21. The van der Waals surface area contributed by atoms with Crippen LogP contribution < -0.4 is 5.32 Å². The summed E-state index contributed by atoms with van der Waals surface area (Å²) in [6.07, 6.45) is 0.287. The van der Waals surface area contributed by atoms with Gasteiger partial charge in [-0.25, -0.2) is 4.79 Å². The van der Waals surface area contributed by atoms with Gasteiger partial charge in [-0.05, 0) is 36.5 Å². The molecule has 210 valence electrons. The van der Waals surface area contributed by atoms with Crippen LogP contribution in [0.3, 0.4) is 0 Å². The standard InChI is InChI=1S/C32H36N2O6/c1-23(30(36)34-20-27(35)19-29(34)32(38)40-22-26-15-9-4-10-16-26)33-28(18-17-24-11-5-2-6-12-24)31(37)39-21-25-13-7-3-8-14-25/h2-16,23,27-29,33,35H,17-22H2,1H3/t23-,27?,28?,29-/m0/s1. The van der Waals surface area contributed by atoms with E-state index in [0.29, 0.717) is 12.8 Å². The Hall–Kier alpha value is -4.01. The van der Waals surface area contributed by atoms with Crippen LogP contribution in [-0.4, -0.2) is 58.6 Å². The smallest absolute Gasteiger partial charge is 0.329 e. The monoisotopic (exact) mass is 544 g/mol. The minimum atomic E-state index is -0.900. The molecule has 2 unspecified atom stereocenters. The lowest BCUT2D eigenvalue weighted by atomic mass is 10.0. The number of β-amino-alcohol motifs (C(OH)–C–C–N with tert-alkyl or cyclic N) is 1. The van der Waals surface area contributed by atoms with Crippen LogP contribution in [0.4, 0.5) is 0 Å². The Balaban J connectivity index is 1.40. The van der Waals surface area contributed by atoms with Gasteiger partial charge in [-0.2, -0.15) is 0 Å². The van der Waals surface area contributed by atoms with Crippen LogP contribution in [0.15, 0.2) is 91.0 Å². The molecule has 1 saturated heterocycles. The fourth-order valence-electron chi connectivity index (χ4n) is 4.78. The summed E-state index contributed by atoms with van der Waals surface area (Å²) in [6.45, 7) is 1.87. The molecule has 40 heavy (non-hydrogen) atoms. The van der Waals surface area contributed by atoms with E-state index in [1.807, 2.05) is 91.0 Å². The molecule has 0 aromatic heterocycles. The van der Waals surface area contributed by atoms with Gasteiger partial charge in [-0.1, -0.05) is 91.0 Å². The van der Waals surface area contributed by atoms with Gasteiger partial charge in [-0.15, -0.1) is 0 Å². The molecule has 8 nitrogen and oxygen atoms in total. The molecule has 8 heteroatoms. The highest BCUT2D eigenvalue weighted by atomic mass is 16.5. The number of carbonyl (C=O) groups excluding carboxylic acids is 3. The molecule has 1 aliphatic rings. The number of carbonyl (C=O) groups is 3. The Kier molecular flexibility index (Phi) is 10.4. The number of aryl methyl sites for hydroxylation is 1. The van der Waals surface area contributed by atoms with E-state index in [2.05, 4.69) is 5.32 Å². The molecule has 3 aromatic carbocycles. The summed E-state index contributed by atoms with van der Waals surface area (Å²) in [5, 5.41) is 13.4. The molecule has 0 aliphatic carbocycles. The second-order valence-corrected chi connectivity index (χ2v) is 10.0. The van der Waals surface area contributed by atoms with Crippen molar-refractivity contribution < 1.29 is 29.0 Å². The highest BCUT2D eigenvalue weighted by molar-refractivity contribution is 5.88. The minimum Gasteiger partial charge on any atom is -0.460 e. The van der Waals surface area contributed by atoms with Gasteiger partial charge < -0.3 is 19.5 Å². The lowest BCUT2D eigenvalue weighted by Gasteiger charge is -2.28. The van der Waals surface area contributed by atoms with E-state index in [9.17, 15) is 19.5 Å². The number of likely N-dealkylation sites (tertiary alicyclic amines) is 1. The van der Waals surface area contributed by atoms with Gasteiger partial charge in [0.05, 0.1) is 12.1 Å². The number of aliphatic hydroxyl groups is 1. The summed E-state index contributed by atoms with van der Waals surface area (Å²) >= 11 is 0. The zero-order valence-corrected chi connectivity index (χ0v) is 22.6. The quantitative estimate of drug-likeness (QED) is 0.337. The second kappa shape index (κ2) is 14.4. The van der Waals surface area contributed by atoms with Crippen LogP contribution in [-0.2, 0) is 43.5 Å². The van der Waals surface area contributed by atoms with E-state index in [1.165, 1.54) is 4.90 Å². The van der Waals surface area contributed by atoms with Gasteiger partial charge in [0.15, 0.2) is 0 Å². The normalized spacial score (nSPS) is 18.1. The van der Waals surface area contributed by atoms with Gasteiger partial charge in [0.1, 0.15) is 25.3 Å². The predicted molar refractivity (Wildman–Crippen MR) is 150 cm³/mol. The largest absolute Gasteiger partial charge is 0.460 e. The summed E-state index contributed by atoms with van der Waals surface area (Å²) in [4.78, 5) is 40.9. The third-order valence-corrected chi connectivity index (χ3v) is 6.95. The van der Waals surface area contributed by atoms with Crippen LogP contribution >= 0.6 is 0 Å². The van der Waals surface area contributed by atoms with Crippen LogP contribution in [0.1, 0.15) is 36.5 Å². The molecular weight excluding hydrogens is 508 g/mol. The van der Waals surface area contributed by atoms with Crippen LogP contribution in [0.5, 0.6) is 0 Å². The van der Waals surface area contributed by atoms with Crippen molar-refractivity contribution in [2.45, 2.75) is 63.6 Å². The Morgan fingerprint density at radius 3 is 1.95 bits per heavy atom. The molecular formula is C32H36N2O6. The van der Waals surface area contributed by atoms with Crippen molar-refractivity contribution >= 4 is 17.8 Å². The number of benzene rings is 3. The van der Waals surface area contributed by atoms with Crippen molar-refractivity contribution in [3.63, 3.8) is 0 Å². The molecule has 2 N–H and O–H groups in total. The Bertz CT molecular complexity index is 1240. The number of ether oxygens (including phenoxy) is 2. The van der Waals surface area contributed by atoms with Crippen LogP contribution in [0.2, 0.25) is 0 Å². The molecule has 1 fully saturated rings. The van der Waals surface area contributed by atoms with Gasteiger partial charge in [0.25, 0.3) is 0 Å². The number of nitrogens with one attached hydrogen (secondary N) is 1. The maximum atomic E-state index is 13.5. The molecule has 4 rings (SSSR count). The fraction of sp³-hybridized carbons (Fsp3) is 0.344. The number of nitrogens with zero attached hydrogens (tertiary/aromatic N) is 1. The number of esters is 2. The summed E-state index contributed by atoms with van der Waals surface area (Å²) in [6, 6.07) is 26.0. The fourth-order valence-corrected chi connectivity index (χ4v) is 4.78. The lowest BCUT2D eigenvalue weighted by molar-refractivity contribution is -0.155. The van der Waals surface area contributed by atoms with Gasteiger partial charge in [-0.3, -0.25) is 14.9 Å². The lowest BCUT2D eigenvalue weighted by Crippen LogP contribution is -2.53. The second-order valence-electron chi connectivity index (χ2n) is 10.0. The SMILES string of the molecule is C[C@H](NC(CCc1ccccc1)C(=O)OCc1ccccc1)C(=O)N1CC(O)C[C@H]1C(=O)OCc1ccccc1. The number of hydrogen-bond acceptors (Lipinski definition) is 7. The third kappa shape index (κ3) is 8.24. The van der Waals surface area contributed by atoms with Crippen molar-refractivity contribution in [2.75, 3.05) is 6.54 Å². The molecule has 0 bridgehead atoms. The summed E-state index contributed by atoms with van der Waals surface area (Å²) in [5.41, 5.74) is 2.76. The third-order valence-electron chi connectivity index (χ3n) is 6.95. The van der Waals surface area contributed by atoms with Crippen LogP contribution in [0, 0.1) is 0 Å². The summed E-state index contributed by atoms with van der Waals surface area (Å²) < 4.78 is 11.1. The first-order chi connectivity index (χ1) is 19.4. The van der Waals surface area contributed by atoms with Crippen molar-refractivity contribution in [3.05, 3.63) is 108 Å². The molecule has 1 aliphatic heterocycles. The first kappa shape index (κ1) is 29.0. The van der Waals surface area contributed by atoms with Crippen molar-refractivity contribution in [3.8, 4) is 0 Å². The van der Waals surface area contributed by atoms with E-state index in [1.54, 1.807) is 6.92 Å². The molecule has 0 saturated carbocycles. The van der Waals surface area contributed by atoms with Crippen molar-refractivity contribution in [1.82, 2.24) is 10.2 Å². The summed E-state index contributed by atoms with van der Waals surface area (Å²) in [7, 11) is 0. The molecule has 1 heterocycles. The van der Waals surface area contributed by atoms with E-state index >= 15 is 0 Å². The maximum Gasteiger partial charge on any atom is 0.329 e. The molecule has 4 atom stereocenters. The number of aliphatic hydroxyl groups excluding tert-OH is 1. The first-order valence-electron chi connectivity index (χ1n) is 13.6. The average molecular weight is 545 g/mol. The molecule has 1 amide bonds. The maximum absolute atomic E-state index is 13.5. The van der Waals surface area contributed by atoms with Crippen LogP contribution in [0.25, 0.3) is 0 Å². The highest BCUT2D eigenvalue weighted by Gasteiger charge is 2.41. The Morgan fingerprint density at radius 2 is 1.38 bits per heavy atom. The van der Waals surface area contributed by atoms with Gasteiger partial charge >= 0.3 is 11.9 Å². The van der Waals surface area contributed by atoms with E-state index < -0.39 is 42.1 Å². The summed E-state index contributed by atoms with van der Waals surface area (Å²) in [5.74, 6) is -1.41. The number of hydrogen-bond donors (Lipinski definition) is 2. The molecule has 0 radical (unpaired) electrons.